The van der Waals surface area contributed by atoms with E-state index in [-0.39, 0.29) is 5.91 Å². The van der Waals surface area contributed by atoms with Gasteiger partial charge in [-0.1, -0.05) is 57.9 Å². The van der Waals surface area contributed by atoms with Crippen LogP contribution in [0, 0.1) is 6.92 Å². The molecule has 0 heterocycles. The summed E-state index contributed by atoms with van der Waals surface area (Å²) in [5.41, 5.74) is 6.48. The Morgan fingerprint density at radius 2 is 1.77 bits per heavy atom. The molecule has 0 saturated carbocycles. The number of ether oxygens (including phenoxy) is 1. The number of nitrogens with one attached hydrogen (secondary N) is 2. The zero-order chi connectivity index (χ0) is 21.3. The van der Waals surface area contributed by atoms with Gasteiger partial charge in [0, 0.05) is 15.7 Å². The SMILES string of the molecule is Cc1ccc(N[C@H](C)C(=O)NN=Cc2ccccc2OCc2ccc(Br)cc2)cc1. The van der Waals surface area contributed by atoms with Crippen molar-refractivity contribution in [3.8, 4) is 5.75 Å². The maximum absolute atomic E-state index is 12.3. The Hall–Kier alpha value is -3.12. The standard InChI is InChI=1S/C24H24BrN3O2/c1-17-7-13-22(14-8-17)27-18(2)24(29)28-26-15-20-5-3-4-6-23(20)30-16-19-9-11-21(25)12-10-19/h3-15,18,27H,16H2,1-2H3,(H,28,29)/t18-/m1/s1. The monoisotopic (exact) mass is 465 g/mol. The van der Waals surface area contributed by atoms with Gasteiger partial charge in [-0.2, -0.15) is 5.10 Å². The van der Waals surface area contributed by atoms with E-state index >= 15 is 0 Å². The van der Waals surface area contributed by atoms with Crippen molar-refractivity contribution in [3.63, 3.8) is 0 Å². The lowest BCUT2D eigenvalue weighted by Crippen LogP contribution is -2.34. The van der Waals surface area contributed by atoms with Crippen molar-refractivity contribution >= 4 is 33.7 Å². The first-order chi connectivity index (χ1) is 14.5. The van der Waals surface area contributed by atoms with Gasteiger partial charge in [0.2, 0.25) is 0 Å². The van der Waals surface area contributed by atoms with Crippen LogP contribution in [0.4, 0.5) is 5.69 Å². The highest BCUT2D eigenvalue weighted by Crippen LogP contribution is 2.18. The molecule has 0 unspecified atom stereocenters. The number of rotatable bonds is 8. The van der Waals surface area contributed by atoms with Crippen LogP contribution in [-0.2, 0) is 11.4 Å². The predicted molar refractivity (Wildman–Crippen MR) is 125 cm³/mol. The van der Waals surface area contributed by atoms with E-state index in [1.54, 1.807) is 13.1 Å². The van der Waals surface area contributed by atoms with Gasteiger partial charge in [0.05, 0.1) is 6.21 Å². The van der Waals surface area contributed by atoms with Crippen LogP contribution in [0.3, 0.4) is 0 Å². The molecule has 3 aromatic rings. The zero-order valence-corrected chi connectivity index (χ0v) is 18.5. The molecule has 0 aliphatic rings. The second-order valence-corrected chi connectivity index (χ2v) is 7.83. The van der Waals surface area contributed by atoms with E-state index in [4.69, 9.17) is 4.74 Å². The summed E-state index contributed by atoms with van der Waals surface area (Å²) in [4.78, 5) is 12.3. The summed E-state index contributed by atoms with van der Waals surface area (Å²) in [6.07, 6.45) is 1.59. The smallest absolute Gasteiger partial charge is 0.262 e. The van der Waals surface area contributed by atoms with Crippen molar-refractivity contribution in [1.82, 2.24) is 5.43 Å². The summed E-state index contributed by atoms with van der Waals surface area (Å²) in [6.45, 7) is 4.26. The highest BCUT2D eigenvalue weighted by molar-refractivity contribution is 9.10. The molecule has 1 amide bonds. The van der Waals surface area contributed by atoms with Crippen LogP contribution in [0.2, 0.25) is 0 Å². The van der Waals surface area contributed by atoms with E-state index in [9.17, 15) is 4.79 Å². The van der Waals surface area contributed by atoms with Gasteiger partial charge < -0.3 is 10.1 Å². The molecule has 0 radical (unpaired) electrons. The first-order valence-electron chi connectivity index (χ1n) is 9.63. The first kappa shape index (κ1) is 21.6. The molecule has 6 heteroatoms. The van der Waals surface area contributed by atoms with Crippen molar-refractivity contribution in [1.29, 1.82) is 0 Å². The van der Waals surface area contributed by atoms with Crippen molar-refractivity contribution in [3.05, 3.63) is 94.0 Å². The fraction of sp³-hybridized carbons (Fsp3) is 0.167. The third-order valence-electron chi connectivity index (χ3n) is 4.43. The Kier molecular flexibility index (Phi) is 7.63. The summed E-state index contributed by atoms with van der Waals surface area (Å²) < 4.78 is 6.95. The minimum absolute atomic E-state index is 0.222. The van der Waals surface area contributed by atoms with Crippen molar-refractivity contribution in [2.24, 2.45) is 5.10 Å². The summed E-state index contributed by atoms with van der Waals surface area (Å²) in [5, 5.41) is 7.25. The molecule has 154 valence electrons. The van der Waals surface area contributed by atoms with Crippen molar-refractivity contribution in [2.45, 2.75) is 26.5 Å². The maximum atomic E-state index is 12.3. The third kappa shape index (κ3) is 6.46. The molecular formula is C24H24BrN3O2. The molecular weight excluding hydrogens is 442 g/mol. The molecule has 0 aliphatic heterocycles. The van der Waals surface area contributed by atoms with E-state index < -0.39 is 6.04 Å². The highest BCUT2D eigenvalue weighted by atomic mass is 79.9. The molecule has 30 heavy (non-hydrogen) atoms. The van der Waals surface area contributed by atoms with Crippen LogP contribution in [0.25, 0.3) is 0 Å². The lowest BCUT2D eigenvalue weighted by Gasteiger charge is -2.13. The number of benzene rings is 3. The van der Waals surface area contributed by atoms with Crippen LogP contribution in [-0.4, -0.2) is 18.2 Å². The van der Waals surface area contributed by atoms with E-state index in [0.717, 1.165) is 21.3 Å². The second-order valence-electron chi connectivity index (χ2n) is 6.92. The van der Waals surface area contributed by atoms with E-state index in [0.29, 0.717) is 12.4 Å². The minimum atomic E-state index is -0.422. The van der Waals surface area contributed by atoms with Gasteiger partial charge in [-0.05, 0) is 55.8 Å². The van der Waals surface area contributed by atoms with E-state index in [2.05, 4.69) is 31.8 Å². The zero-order valence-electron chi connectivity index (χ0n) is 16.9. The van der Waals surface area contributed by atoms with E-state index in [1.165, 1.54) is 5.56 Å². The lowest BCUT2D eigenvalue weighted by atomic mass is 10.2. The number of hydrazone groups is 1. The van der Waals surface area contributed by atoms with Crippen LogP contribution < -0.4 is 15.5 Å². The molecule has 0 aromatic heterocycles. The number of anilines is 1. The Morgan fingerprint density at radius 1 is 1.07 bits per heavy atom. The van der Waals surface area contributed by atoms with Crippen LogP contribution >= 0.6 is 15.9 Å². The summed E-state index contributed by atoms with van der Waals surface area (Å²) in [7, 11) is 0. The van der Waals surface area contributed by atoms with Crippen molar-refractivity contribution in [2.75, 3.05) is 5.32 Å². The summed E-state index contributed by atoms with van der Waals surface area (Å²) >= 11 is 3.43. The van der Waals surface area contributed by atoms with Gasteiger partial charge in [-0.3, -0.25) is 4.79 Å². The molecule has 2 N–H and O–H groups in total. The summed E-state index contributed by atoms with van der Waals surface area (Å²) in [6, 6.07) is 23.0. The molecule has 3 aromatic carbocycles. The topological polar surface area (TPSA) is 62.7 Å². The van der Waals surface area contributed by atoms with Gasteiger partial charge >= 0.3 is 0 Å². The number of carbonyl (C=O) groups excluding carboxylic acids is 1. The van der Waals surface area contributed by atoms with Gasteiger partial charge in [0.1, 0.15) is 18.4 Å². The molecule has 0 saturated heterocycles. The number of nitrogens with zero attached hydrogens (tertiary/aromatic N) is 1. The molecule has 0 bridgehead atoms. The van der Waals surface area contributed by atoms with Crippen LogP contribution in [0.1, 0.15) is 23.6 Å². The van der Waals surface area contributed by atoms with Gasteiger partial charge in [-0.25, -0.2) is 5.43 Å². The highest BCUT2D eigenvalue weighted by Gasteiger charge is 2.11. The molecule has 3 rings (SSSR count). The Balaban J connectivity index is 1.55. The van der Waals surface area contributed by atoms with E-state index in [1.807, 2.05) is 79.7 Å². The van der Waals surface area contributed by atoms with Crippen molar-refractivity contribution < 1.29 is 9.53 Å². The Labute approximate surface area is 185 Å². The first-order valence-corrected chi connectivity index (χ1v) is 10.4. The number of hydrogen-bond acceptors (Lipinski definition) is 4. The second kappa shape index (κ2) is 10.6. The van der Waals surface area contributed by atoms with Gasteiger partial charge in [0.25, 0.3) is 5.91 Å². The largest absolute Gasteiger partial charge is 0.488 e. The van der Waals surface area contributed by atoms with Gasteiger partial charge in [0.15, 0.2) is 0 Å². The molecule has 0 spiro atoms. The number of carbonyl (C=O) groups is 1. The normalized spacial score (nSPS) is 11.8. The maximum Gasteiger partial charge on any atom is 0.262 e. The molecule has 0 aliphatic carbocycles. The number of hydrogen-bond donors (Lipinski definition) is 2. The Morgan fingerprint density at radius 3 is 2.50 bits per heavy atom. The lowest BCUT2D eigenvalue weighted by molar-refractivity contribution is -0.121. The average Bonchev–Trinajstić information content (AvgIpc) is 2.75. The summed E-state index contributed by atoms with van der Waals surface area (Å²) in [5.74, 6) is 0.476. The Bertz CT molecular complexity index is 1000. The quantitative estimate of drug-likeness (QED) is 0.351. The number of amides is 1. The number of para-hydroxylation sites is 1. The minimum Gasteiger partial charge on any atom is -0.488 e. The molecule has 1 atom stereocenters. The molecule has 5 nitrogen and oxygen atoms in total. The third-order valence-corrected chi connectivity index (χ3v) is 4.96. The average molecular weight is 466 g/mol. The number of aryl methyl sites for hydroxylation is 1. The fourth-order valence-corrected chi connectivity index (χ4v) is 2.95. The predicted octanol–water partition coefficient (Wildman–Crippen LogP) is 5.29. The molecule has 0 fully saturated rings. The van der Waals surface area contributed by atoms with Crippen LogP contribution in [0.15, 0.2) is 82.4 Å². The van der Waals surface area contributed by atoms with Gasteiger partial charge in [-0.15, -0.1) is 0 Å². The number of halogens is 1. The fourth-order valence-electron chi connectivity index (χ4n) is 2.69. The van der Waals surface area contributed by atoms with Crippen LogP contribution in [0.5, 0.6) is 5.75 Å².